The molecule has 0 aliphatic heterocycles. The van der Waals surface area contributed by atoms with Crippen molar-refractivity contribution in [3.63, 3.8) is 0 Å². The molecule has 0 atom stereocenters. The summed E-state index contributed by atoms with van der Waals surface area (Å²) >= 11 is 0. The number of aromatic nitrogens is 2. The maximum absolute atomic E-state index is 12.4. The Labute approximate surface area is 116 Å². The van der Waals surface area contributed by atoms with E-state index in [1.165, 1.54) is 31.9 Å². The molecular weight excluding hydrogens is 280 g/mol. The lowest BCUT2D eigenvalue weighted by Gasteiger charge is -2.12. The SMILES string of the molecule is COc1ccc(CN)cc1S(=O)(=O)Nc1cncnc1. The van der Waals surface area contributed by atoms with Crippen molar-refractivity contribution in [2.75, 3.05) is 11.8 Å². The molecule has 20 heavy (non-hydrogen) atoms. The van der Waals surface area contributed by atoms with Crippen LogP contribution in [0.1, 0.15) is 5.56 Å². The zero-order valence-electron chi connectivity index (χ0n) is 10.8. The minimum atomic E-state index is -3.80. The molecule has 0 saturated heterocycles. The normalized spacial score (nSPS) is 11.1. The number of nitrogens with one attached hydrogen (secondary N) is 1. The van der Waals surface area contributed by atoms with Gasteiger partial charge in [0, 0.05) is 6.54 Å². The van der Waals surface area contributed by atoms with Crippen LogP contribution in [-0.4, -0.2) is 25.5 Å². The van der Waals surface area contributed by atoms with Crippen LogP contribution in [0.5, 0.6) is 5.75 Å². The Hall–Kier alpha value is -2.19. The monoisotopic (exact) mass is 294 g/mol. The van der Waals surface area contributed by atoms with E-state index >= 15 is 0 Å². The maximum atomic E-state index is 12.4. The van der Waals surface area contributed by atoms with Gasteiger partial charge in [-0.25, -0.2) is 18.4 Å². The first-order valence-corrected chi connectivity index (χ1v) is 7.20. The van der Waals surface area contributed by atoms with Crippen LogP contribution in [0.15, 0.2) is 41.8 Å². The molecule has 2 aromatic rings. The van der Waals surface area contributed by atoms with E-state index in [4.69, 9.17) is 10.5 Å². The van der Waals surface area contributed by atoms with Crippen molar-refractivity contribution in [1.29, 1.82) is 0 Å². The molecule has 0 radical (unpaired) electrons. The molecule has 3 N–H and O–H groups in total. The fourth-order valence-electron chi connectivity index (χ4n) is 1.62. The first kappa shape index (κ1) is 14.2. The number of nitrogens with two attached hydrogens (primary N) is 1. The summed E-state index contributed by atoms with van der Waals surface area (Å²) in [6.45, 7) is 0.237. The lowest BCUT2D eigenvalue weighted by atomic mass is 10.2. The predicted octanol–water partition coefficient (Wildman–Crippen LogP) is 0.745. The van der Waals surface area contributed by atoms with E-state index in [-0.39, 0.29) is 22.9 Å². The van der Waals surface area contributed by atoms with Crippen molar-refractivity contribution >= 4 is 15.7 Å². The molecule has 1 aromatic heterocycles. The minimum Gasteiger partial charge on any atom is -0.495 e. The molecular formula is C12H14N4O3S. The van der Waals surface area contributed by atoms with Gasteiger partial charge >= 0.3 is 0 Å². The number of rotatable bonds is 5. The molecule has 1 aromatic carbocycles. The van der Waals surface area contributed by atoms with Gasteiger partial charge in [0.15, 0.2) is 0 Å². The molecule has 1 heterocycles. The standard InChI is InChI=1S/C12H14N4O3S/c1-19-11-3-2-9(5-13)4-12(11)20(17,18)16-10-6-14-8-15-7-10/h2-4,6-8,16H,5,13H2,1H3. The van der Waals surface area contributed by atoms with Gasteiger partial charge in [-0.15, -0.1) is 0 Å². The number of nitrogens with zero attached hydrogens (tertiary/aromatic N) is 2. The molecule has 7 nitrogen and oxygen atoms in total. The van der Waals surface area contributed by atoms with Crippen LogP contribution >= 0.6 is 0 Å². The zero-order valence-corrected chi connectivity index (χ0v) is 11.6. The third kappa shape index (κ3) is 3.03. The highest BCUT2D eigenvalue weighted by Gasteiger charge is 2.20. The Balaban J connectivity index is 2.43. The van der Waals surface area contributed by atoms with Gasteiger partial charge in [0.25, 0.3) is 10.0 Å². The third-order valence-corrected chi connectivity index (χ3v) is 3.97. The van der Waals surface area contributed by atoms with Gasteiger partial charge in [0.05, 0.1) is 25.2 Å². The zero-order chi connectivity index (χ0) is 14.6. The van der Waals surface area contributed by atoms with Gasteiger partial charge < -0.3 is 10.5 Å². The second-order valence-corrected chi connectivity index (χ2v) is 5.57. The summed E-state index contributed by atoms with van der Waals surface area (Å²) in [5, 5.41) is 0. The number of sulfonamides is 1. The summed E-state index contributed by atoms with van der Waals surface area (Å²) in [5.41, 5.74) is 6.49. The van der Waals surface area contributed by atoms with Crippen LogP contribution in [0, 0.1) is 0 Å². The molecule has 0 spiro atoms. The minimum absolute atomic E-state index is 0.0202. The number of ether oxygens (including phenoxy) is 1. The quantitative estimate of drug-likeness (QED) is 0.842. The summed E-state index contributed by atoms with van der Waals surface area (Å²) in [5.74, 6) is 0.242. The largest absolute Gasteiger partial charge is 0.495 e. The summed E-state index contributed by atoms with van der Waals surface area (Å²) in [7, 11) is -2.39. The van der Waals surface area contributed by atoms with Gasteiger partial charge in [-0.2, -0.15) is 0 Å². The highest BCUT2D eigenvalue weighted by Crippen LogP contribution is 2.26. The van der Waals surface area contributed by atoms with Gasteiger partial charge in [-0.1, -0.05) is 6.07 Å². The van der Waals surface area contributed by atoms with E-state index in [9.17, 15) is 8.42 Å². The highest BCUT2D eigenvalue weighted by molar-refractivity contribution is 7.92. The van der Waals surface area contributed by atoms with Crippen molar-refractivity contribution in [3.8, 4) is 5.75 Å². The predicted molar refractivity (Wildman–Crippen MR) is 73.7 cm³/mol. The van der Waals surface area contributed by atoms with Gasteiger partial charge in [0.2, 0.25) is 0 Å². The molecule has 106 valence electrons. The number of hydrogen-bond acceptors (Lipinski definition) is 6. The molecule has 0 unspecified atom stereocenters. The summed E-state index contributed by atoms with van der Waals surface area (Å²) < 4.78 is 32.2. The topological polar surface area (TPSA) is 107 Å². The summed E-state index contributed by atoms with van der Waals surface area (Å²) in [6.07, 6.45) is 4.04. The Morgan fingerprint density at radius 3 is 2.60 bits per heavy atom. The van der Waals surface area contributed by atoms with E-state index in [1.54, 1.807) is 12.1 Å². The van der Waals surface area contributed by atoms with Gasteiger partial charge in [0.1, 0.15) is 17.0 Å². The maximum Gasteiger partial charge on any atom is 0.265 e. The van der Waals surface area contributed by atoms with Crippen LogP contribution in [0.3, 0.4) is 0 Å². The van der Waals surface area contributed by atoms with Crippen LogP contribution < -0.4 is 15.2 Å². The summed E-state index contributed by atoms with van der Waals surface area (Å²) in [6, 6.07) is 4.76. The van der Waals surface area contributed by atoms with E-state index in [1.807, 2.05) is 0 Å². The van der Waals surface area contributed by atoms with Crippen LogP contribution in [0.4, 0.5) is 5.69 Å². The van der Waals surface area contributed by atoms with Crippen molar-refractivity contribution in [2.45, 2.75) is 11.4 Å². The van der Waals surface area contributed by atoms with Crippen LogP contribution in [-0.2, 0) is 16.6 Å². The van der Waals surface area contributed by atoms with Crippen molar-refractivity contribution in [1.82, 2.24) is 9.97 Å². The Morgan fingerprint density at radius 2 is 2.00 bits per heavy atom. The molecule has 0 aliphatic rings. The van der Waals surface area contributed by atoms with Crippen molar-refractivity contribution in [3.05, 3.63) is 42.5 Å². The first-order chi connectivity index (χ1) is 9.56. The Morgan fingerprint density at radius 1 is 1.30 bits per heavy atom. The second kappa shape index (κ2) is 5.85. The van der Waals surface area contributed by atoms with Crippen molar-refractivity contribution < 1.29 is 13.2 Å². The molecule has 0 amide bonds. The van der Waals surface area contributed by atoms with E-state index in [2.05, 4.69) is 14.7 Å². The molecule has 0 bridgehead atoms. The van der Waals surface area contributed by atoms with E-state index in [0.717, 1.165) is 0 Å². The lowest BCUT2D eigenvalue weighted by Crippen LogP contribution is -2.15. The van der Waals surface area contributed by atoms with Crippen molar-refractivity contribution in [2.24, 2.45) is 5.73 Å². The van der Waals surface area contributed by atoms with Gasteiger partial charge in [-0.05, 0) is 17.7 Å². The number of hydrogen-bond donors (Lipinski definition) is 2. The number of methoxy groups -OCH3 is 1. The average molecular weight is 294 g/mol. The molecule has 8 heteroatoms. The smallest absolute Gasteiger partial charge is 0.265 e. The van der Waals surface area contributed by atoms with Crippen LogP contribution in [0.25, 0.3) is 0 Å². The van der Waals surface area contributed by atoms with Crippen LogP contribution in [0.2, 0.25) is 0 Å². The van der Waals surface area contributed by atoms with E-state index < -0.39 is 10.0 Å². The summed E-state index contributed by atoms with van der Waals surface area (Å²) in [4.78, 5) is 7.52. The van der Waals surface area contributed by atoms with Gasteiger partial charge in [-0.3, -0.25) is 4.72 Å². The molecule has 0 fully saturated rings. The second-order valence-electron chi connectivity index (χ2n) is 3.92. The average Bonchev–Trinajstić information content (AvgIpc) is 2.47. The Bertz CT molecular complexity index is 689. The third-order valence-electron chi connectivity index (χ3n) is 2.57. The Kier molecular flexibility index (Phi) is 4.16. The number of anilines is 1. The fourth-order valence-corrected chi connectivity index (χ4v) is 2.87. The number of benzene rings is 1. The van der Waals surface area contributed by atoms with E-state index in [0.29, 0.717) is 5.56 Å². The lowest BCUT2D eigenvalue weighted by molar-refractivity contribution is 0.402. The first-order valence-electron chi connectivity index (χ1n) is 5.71. The fraction of sp³-hybridized carbons (Fsp3) is 0.167. The molecule has 2 rings (SSSR count). The molecule has 0 aliphatic carbocycles. The molecule has 0 saturated carbocycles. The highest BCUT2D eigenvalue weighted by atomic mass is 32.2.